The number of aromatic nitrogens is 3. The Hall–Kier alpha value is -5.23. The van der Waals surface area contributed by atoms with Crippen LogP contribution in [0.5, 0.6) is 11.5 Å². The summed E-state index contributed by atoms with van der Waals surface area (Å²) in [5.74, 6) is -0.804. The summed E-state index contributed by atoms with van der Waals surface area (Å²) in [6, 6.07) is 13.0. The lowest BCUT2D eigenvalue weighted by Crippen LogP contribution is -2.29. The van der Waals surface area contributed by atoms with E-state index in [0.717, 1.165) is 31.4 Å². The van der Waals surface area contributed by atoms with Crippen LogP contribution >= 0.6 is 0 Å². The number of aromatic hydroxyl groups is 1. The fourth-order valence-electron chi connectivity index (χ4n) is 4.69. The lowest BCUT2D eigenvalue weighted by atomic mass is 9.99. The third-order valence-electron chi connectivity index (χ3n) is 7.04. The lowest BCUT2D eigenvalue weighted by Gasteiger charge is -2.14. The van der Waals surface area contributed by atoms with Crippen molar-refractivity contribution in [3.05, 3.63) is 82.4 Å². The van der Waals surface area contributed by atoms with E-state index in [-0.39, 0.29) is 29.2 Å². The monoisotopic (exact) mass is 614 g/mol. The largest absolute Gasteiger partial charge is 0.504 e. The van der Waals surface area contributed by atoms with Crippen LogP contribution in [0.4, 0.5) is 16.2 Å². The second kappa shape index (κ2) is 15.0. The van der Waals surface area contributed by atoms with Crippen LogP contribution in [-0.2, 0) is 6.54 Å². The maximum absolute atomic E-state index is 13.0. The van der Waals surface area contributed by atoms with Crippen LogP contribution in [0.3, 0.4) is 0 Å². The number of carboxylic acid groups (broad SMARTS) is 1. The van der Waals surface area contributed by atoms with E-state index in [0.29, 0.717) is 34.7 Å². The number of nitrogens with zero attached hydrogens (tertiary/aromatic N) is 4. The van der Waals surface area contributed by atoms with Crippen molar-refractivity contribution in [2.45, 2.75) is 39.7 Å². The van der Waals surface area contributed by atoms with Crippen molar-refractivity contribution < 1.29 is 24.5 Å². The van der Waals surface area contributed by atoms with Gasteiger partial charge in [-0.2, -0.15) is 5.10 Å². The first kappa shape index (κ1) is 32.7. The van der Waals surface area contributed by atoms with Crippen molar-refractivity contribution in [3.8, 4) is 33.9 Å². The summed E-state index contributed by atoms with van der Waals surface area (Å²) >= 11 is 0. The van der Waals surface area contributed by atoms with Gasteiger partial charge in [0.2, 0.25) is 0 Å². The standard InChI is InChI=1S/C33H38N6O6/c1-5-39-31(41)28(35-33(44)36-30-21(2)19-34-20-29(30)40)18-27(37-39)23-11-9-10-22(14-23)24-15-25(32(42)43)17-26(16-24)45-13-8-6-7-12-38(3)4/h9-11,14-20,40H,5-8,12-13H2,1-4H3,(H,42,43)(H2,34,35,36,44). The van der Waals surface area contributed by atoms with Gasteiger partial charge in [0.1, 0.15) is 11.4 Å². The Morgan fingerprint density at radius 2 is 1.76 bits per heavy atom. The molecule has 4 rings (SSSR count). The molecule has 0 aliphatic rings. The normalized spacial score (nSPS) is 11.0. The number of aromatic carboxylic acids is 1. The SMILES string of the molecule is CCn1nc(-c2cccc(-c3cc(OCCCCCN(C)C)cc(C(=O)O)c3)c2)cc(NC(=O)Nc2c(C)cncc2O)c1=O. The minimum atomic E-state index is -1.07. The van der Waals surface area contributed by atoms with Gasteiger partial charge in [0.15, 0.2) is 5.75 Å². The lowest BCUT2D eigenvalue weighted by molar-refractivity contribution is 0.0696. The molecule has 12 heteroatoms. The van der Waals surface area contributed by atoms with Gasteiger partial charge in [0, 0.05) is 18.3 Å². The summed E-state index contributed by atoms with van der Waals surface area (Å²) in [6.07, 6.45) is 5.61. The molecule has 12 nitrogen and oxygen atoms in total. The number of carboxylic acids is 1. The van der Waals surface area contributed by atoms with Crippen molar-refractivity contribution >= 4 is 23.4 Å². The van der Waals surface area contributed by atoms with Crippen molar-refractivity contribution in [1.29, 1.82) is 0 Å². The number of carbonyl (C=O) groups is 2. The molecule has 0 saturated heterocycles. The van der Waals surface area contributed by atoms with E-state index < -0.39 is 17.6 Å². The molecule has 0 atom stereocenters. The highest BCUT2D eigenvalue weighted by Gasteiger charge is 2.16. The predicted molar refractivity (Wildman–Crippen MR) is 173 cm³/mol. The number of aryl methyl sites for hydroxylation is 2. The van der Waals surface area contributed by atoms with E-state index in [1.54, 1.807) is 32.0 Å². The predicted octanol–water partition coefficient (Wildman–Crippen LogP) is 5.46. The van der Waals surface area contributed by atoms with Gasteiger partial charge >= 0.3 is 12.0 Å². The molecule has 2 aromatic heterocycles. The fraction of sp³-hybridized carbons (Fsp3) is 0.303. The van der Waals surface area contributed by atoms with Crippen molar-refractivity contribution in [2.75, 3.05) is 37.9 Å². The Kier molecular flexibility index (Phi) is 10.9. The summed E-state index contributed by atoms with van der Waals surface area (Å²) in [5, 5.41) is 29.5. The topological polar surface area (TPSA) is 159 Å². The molecule has 0 bridgehead atoms. The molecule has 4 aromatic rings. The van der Waals surface area contributed by atoms with E-state index in [4.69, 9.17) is 4.74 Å². The third kappa shape index (κ3) is 8.67. The number of amides is 2. The molecule has 0 spiro atoms. The van der Waals surface area contributed by atoms with Gasteiger partial charge < -0.3 is 30.5 Å². The average Bonchev–Trinajstić information content (AvgIpc) is 3.01. The molecule has 4 N–H and O–H groups in total. The van der Waals surface area contributed by atoms with Gasteiger partial charge in [0.05, 0.1) is 29.7 Å². The van der Waals surface area contributed by atoms with Crippen LogP contribution < -0.4 is 20.9 Å². The molecular formula is C33H38N6O6. The van der Waals surface area contributed by atoms with Crippen LogP contribution in [0.25, 0.3) is 22.4 Å². The van der Waals surface area contributed by atoms with Gasteiger partial charge in [-0.3, -0.25) is 9.78 Å². The van der Waals surface area contributed by atoms with Gasteiger partial charge in [-0.1, -0.05) is 18.2 Å². The van der Waals surface area contributed by atoms with E-state index >= 15 is 0 Å². The molecule has 2 amide bonds. The molecular weight excluding hydrogens is 576 g/mol. The molecule has 0 fully saturated rings. The van der Waals surface area contributed by atoms with Crippen LogP contribution in [0.1, 0.15) is 42.1 Å². The van der Waals surface area contributed by atoms with Crippen molar-refractivity contribution in [1.82, 2.24) is 19.7 Å². The number of carbonyl (C=O) groups excluding carboxylic acids is 1. The number of hydrogen-bond acceptors (Lipinski definition) is 8. The molecule has 0 radical (unpaired) electrons. The van der Waals surface area contributed by atoms with Gasteiger partial charge in [-0.05, 0) is 101 Å². The number of anilines is 2. The van der Waals surface area contributed by atoms with Gasteiger partial charge in [-0.15, -0.1) is 0 Å². The van der Waals surface area contributed by atoms with Crippen molar-refractivity contribution in [2.24, 2.45) is 0 Å². The number of urea groups is 1. The van der Waals surface area contributed by atoms with E-state index in [1.807, 2.05) is 32.3 Å². The van der Waals surface area contributed by atoms with E-state index in [1.165, 1.54) is 29.2 Å². The van der Waals surface area contributed by atoms with Crippen molar-refractivity contribution in [3.63, 3.8) is 0 Å². The van der Waals surface area contributed by atoms with Crippen LogP contribution in [0.15, 0.2) is 65.7 Å². The smallest absolute Gasteiger partial charge is 0.335 e. The molecule has 0 saturated carbocycles. The second-order valence-electron chi connectivity index (χ2n) is 10.8. The summed E-state index contributed by atoms with van der Waals surface area (Å²) in [6.45, 7) is 5.17. The number of ether oxygens (including phenoxy) is 1. The Morgan fingerprint density at radius 3 is 2.47 bits per heavy atom. The maximum Gasteiger partial charge on any atom is 0.335 e. The van der Waals surface area contributed by atoms with Crippen LogP contribution in [0.2, 0.25) is 0 Å². The average molecular weight is 615 g/mol. The van der Waals surface area contributed by atoms with E-state index in [9.17, 15) is 24.6 Å². The minimum Gasteiger partial charge on any atom is -0.504 e. The quantitative estimate of drug-likeness (QED) is 0.144. The highest BCUT2D eigenvalue weighted by Crippen LogP contribution is 2.30. The Morgan fingerprint density at radius 1 is 0.978 bits per heavy atom. The summed E-state index contributed by atoms with van der Waals surface area (Å²) < 4.78 is 7.18. The number of hydrogen-bond donors (Lipinski definition) is 4. The number of nitrogens with one attached hydrogen (secondary N) is 2. The van der Waals surface area contributed by atoms with Gasteiger partial charge in [0.25, 0.3) is 5.56 Å². The fourth-order valence-corrected chi connectivity index (χ4v) is 4.69. The zero-order chi connectivity index (χ0) is 32.5. The molecule has 0 unspecified atom stereocenters. The number of pyridine rings is 1. The third-order valence-corrected chi connectivity index (χ3v) is 7.04. The minimum absolute atomic E-state index is 0.00917. The summed E-state index contributed by atoms with van der Waals surface area (Å²) in [7, 11) is 4.07. The summed E-state index contributed by atoms with van der Waals surface area (Å²) in [5.41, 5.74) is 2.74. The van der Waals surface area contributed by atoms with Gasteiger partial charge in [-0.25, -0.2) is 14.3 Å². The Labute approximate surface area is 261 Å². The first-order valence-electron chi connectivity index (χ1n) is 14.7. The number of rotatable bonds is 13. The first-order valence-corrected chi connectivity index (χ1v) is 14.7. The Bertz CT molecular complexity index is 1720. The summed E-state index contributed by atoms with van der Waals surface area (Å²) in [4.78, 5) is 43.8. The molecule has 2 aromatic carbocycles. The molecule has 2 heterocycles. The number of unbranched alkanes of at least 4 members (excludes halogenated alkanes) is 2. The number of benzene rings is 2. The zero-order valence-electron chi connectivity index (χ0n) is 25.8. The van der Waals surface area contributed by atoms with Crippen LogP contribution in [-0.4, -0.2) is 69.1 Å². The molecule has 0 aliphatic heterocycles. The molecule has 45 heavy (non-hydrogen) atoms. The maximum atomic E-state index is 13.0. The first-order chi connectivity index (χ1) is 21.5. The molecule has 0 aliphatic carbocycles. The second-order valence-corrected chi connectivity index (χ2v) is 10.8. The zero-order valence-corrected chi connectivity index (χ0v) is 25.8. The molecule has 236 valence electrons. The highest BCUT2D eigenvalue weighted by atomic mass is 16.5. The highest BCUT2D eigenvalue weighted by molar-refractivity contribution is 6.01. The van der Waals surface area contributed by atoms with Crippen LogP contribution in [0, 0.1) is 6.92 Å². The van der Waals surface area contributed by atoms with E-state index in [2.05, 4.69) is 25.6 Å². The Balaban J connectivity index is 1.60.